The third kappa shape index (κ3) is 3.54. The highest BCUT2D eigenvalue weighted by Gasteiger charge is 2.20. The van der Waals surface area contributed by atoms with Gasteiger partial charge < -0.3 is 10.1 Å². The van der Waals surface area contributed by atoms with Gasteiger partial charge in [0.25, 0.3) is 0 Å². The average molecular weight is 305 g/mol. The molecule has 1 N–H and O–H groups in total. The van der Waals surface area contributed by atoms with Gasteiger partial charge in [-0.2, -0.15) is 0 Å². The van der Waals surface area contributed by atoms with Gasteiger partial charge in [-0.3, -0.25) is 4.90 Å². The third-order valence-electron chi connectivity index (χ3n) is 3.90. The Morgan fingerprint density at radius 3 is 2.68 bits per heavy atom. The zero-order valence-electron chi connectivity index (χ0n) is 11.2. The molecule has 1 fully saturated rings. The Bertz CT molecular complexity index is 408. The van der Waals surface area contributed by atoms with E-state index >= 15 is 0 Å². The van der Waals surface area contributed by atoms with E-state index in [0.29, 0.717) is 6.04 Å². The summed E-state index contributed by atoms with van der Waals surface area (Å²) in [5.41, 5.74) is 2.81. The lowest BCUT2D eigenvalue weighted by atomic mass is 10.0. The second kappa shape index (κ2) is 7.34. The summed E-state index contributed by atoms with van der Waals surface area (Å²) in [7, 11) is 0. The van der Waals surface area contributed by atoms with Crippen LogP contribution in [0, 0.1) is 0 Å². The quantitative estimate of drug-likeness (QED) is 0.908. The Labute approximate surface area is 127 Å². The molecule has 2 aliphatic heterocycles. The van der Waals surface area contributed by atoms with Crippen LogP contribution in [0.1, 0.15) is 24.1 Å². The lowest BCUT2D eigenvalue weighted by Gasteiger charge is -2.33. The monoisotopic (exact) mass is 304 g/mol. The van der Waals surface area contributed by atoms with Gasteiger partial charge in [-0.1, -0.05) is 12.1 Å². The Kier molecular flexibility index (Phi) is 6.40. The SMILES string of the molecule is CC(c1ccc2c(c1)CCO2)N1CCNCC1.Cl.Cl. The summed E-state index contributed by atoms with van der Waals surface area (Å²) in [6.45, 7) is 7.67. The molecule has 1 saturated heterocycles. The van der Waals surface area contributed by atoms with Gasteiger partial charge in [-0.25, -0.2) is 0 Å². The first kappa shape index (κ1) is 16.6. The molecule has 3 nitrogen and oxygen atoms in total. The van der Waals surface area contributed by atoms with Gasteiger partial charge >= 0.3 is 0 Å². The van der Waals surface area contributed by atoms with Crippen LogP contribution in [0.15, 0.2) is 18.2 Å². The summed E-state index contributed by atoms with van der Waals surface area (Å²) in [5.74, 6) is 1.08. The number of nitrogens with zero attached hydrogens (tertiary/aromatic N) is 1. The number of nitrogens with one attached hydrogen (secondary N) is 1. The van der Waals surface area contributed by atoms with Crippen LogP contribution >= 0.6 is 24.8 Å². The molecule has 1 atom stereocenters. The molecule has 0 amide bonds. The molecule has 2 aliphatic rings. The van der Waals surface area contributed by atoms with Crippen LogP contribution in [-0.4, -0.2) is 37.7 Å². The topological polar surface area (TPSA) is 24.5 Å². The normalized spacial score (nSPS) is 19.6. The maximum Gasteiger partial charge on any atom is 0.122 e. The minimum atomic E-state index is 0. The van der Waals surface area contributed by atoms with Gasteiger partial charge in [-0.05, 0) is 24.1 Å². The summed E-state index contributed by atoms with van der Waals surface area (Å²) in [6.07, 6.45) is 1.07. The minimum absolute atomic E-state index is 0. The van der Waals surface area contributed by atoms with Gasteiger partial charge in [0.1, 0.15) is 5.75 Å². The van der Waals surface area contributed by atoms with Gasteiger partial charge in [0.15, 0.2) is 0 Å². The number of benzene rings is 1. The van der Waals surface area contributed by atoms with Crippen LogP contribution in [0.5, 0.6) is 5.75 Å². The van der Waals surface area contributed by atoms with Crippen LogP contribution in [0.4, 0.5) is 0 Å². The van der Waals surface area contributed by atoms with E-state index < -0.39 is 0 Å². The van der Waals surface area contributed by atoms with Crippen molar-refractivity contribution in [1.82, 2.24) is 10.2 Å². The molecule has 1 aromatic rings. The van der Waals surface area contributed by atoms with Crippen molar-refractivity contribution in [3.63, 3.8) is 0 Å². The fraction of sp³-hybridized carbons (Fsp3) is 0.571. The Morgan fingerprint density at radius 1 is 1.21 bits per heavy atom. The molecule has 3 rings (SSSR count). The zero-order valence-corrected chi connectivity index (χ0v) is 12.9. The molecule has 0 spiro atoms. The second-order valence-corrected chi connectivity index (χ2v) is 4.93. The summed E-state index contributed by atoms with van der Waals surface area (Å²) < 4.78 is 5.56. The standard InChI is InChI=1S/C14H20N2O.2ClH/c1-11(16-7-5-15-6-8-16)12-2-3-14-13(10-12)4-9-17-14;;/h2-3,10-11,15H,4-9H2,1H3;2*1H. The van der Waals surface area contributed by atoms with E-state index in [9.17, 15) is 0 Å². The molecule has 5 heteroatoms. The van der Waals surface area contributed by atoms with E-state index in [1.165, 1.54) is 11.1 Å². The first-order chi connectivity index (χ1) is 8.34. The van der Waals surface area contributed by atoms with E-state index in [0.717, 1.165) is 45.0 Å². The fourth-order valence-corrected chi connectivity index (χ4v) is 2.75. The molecule has 108 valence electrons. The van der Waals surface area contributed by atoms with E-state index in [1.54, 1.807) is 0 Å². The molecule has 0 bridgehead atoms. The van der Waals surface area contributed by atoms with Crippen molar-refractivity contribution in [3.05, 3.63) is 29.3 Å². The lowest BCUT2D eigenvalue weighted by molar-refractivity contribution is 0.185. The Morgan fingerprint density at radius 2 is 1.95 bits per heavy atom. The number of fused-ring (bicyclic) bond motifs is 1. The number of piperazine rings is 1. The maximum atomic E-state index is 5.56. The number of rotatable bonds is 2. The molecule has 0 aliphatic carbocycles. The van der Waals surface area contributed by atoms with Crippen LogP contribution in [0.2, 0.25) is 0 Å². The Balaban J connectivity index is 0.000000902. The summed E-state index contributed by atoms with van der Waals surface area (Å²) in [5, 5.41) is 3.40. The highest BCUT2D eigenvalue weighted by atomic mass is 35.5. The molecular weight excluding hydrogens is 283 g/mol. The molecular formula is C14H22Cl2N2O. The predicted octanol–water partition coefficient (Wildman–Crippen LogP) is 2.43. The Hall–Kier alpha value is -0.480. The first-order valence-electron chi connectivity index (χ1n) is 6.55. The first-order valence-corrected chi connectivity index (χ1v) is 6.55. The second-order valence-electron chi connectivity index (χ2n) is 4.93. The molecule has 0 aromatic heterocycles. The van der Waals surface area contributed by atoms with E-state index in [1.807, 2.05) is 0 Å². The van der Waals surface area contributed by atoms with E-state index in [4.69, 9.17) is 4.74 Å². The van der Waals surface area contributed by atoms with Crippen LogP contribution in [-0.2, 0) is 6.42 Å². The summed E-state index contributed by atoms with van der Waals surface area (Å²) >= 11 is 0. The molecule has 1 unspecified atom stereocenters. The number of ether oxygens (including phenoxy) is 1. The number of hydrogen-bond donors (Lipinski definition) is 1. The summed E-state index contributed by atoms with van der Waals surface area (Å²) in [4.78, 5) is 2.55. The highest BCUT2D eigenvalue weighted by Crippen LogP contribution is 2.30. The van der Waals surface area contributed by atoms with E-state index in [-0.39, 0.29) is 24.8 Å². The average Bonchev–Trinajstić information content (AvgIpc) is 2.86. The van der Waals surface area contributed by atoms with Crippen LogP contribution in [0.25, 0.3) is 0 Å². The van der Waals surface area contributed by atoms with Crippen LogP contribution in [0.3, 0.4) is 0 Å². The molecule has 1 aromatic carbocycles. The van der Waals surface area contributed by atoms with Gasteiger partial charge in [0, 0.05) is 38.6 Å². The van der Waals surface area contributed by atoms with E-state index in [2.05, 4.69) is 35.3 Å². The van der Waals surface area contributed by atoms with Crippen molar-refractivity contribution in [1.29, 1.82) is 0 Å². The number of hydrogen-bond acceptors (Lipinski definition) is 3. The fourth-order valence-electron chi connectivity index (χ4n) is 2.75. The molecule has 0 saturated carbocycles. The van der Waals surface area contributed by atoms with Crippen molar-refractivity contribution >= 4 is 24.8 Å². The van der Waals surface area contributed by atoms with Crippen molar-refractivity contribution in [2.45, 2.75) is 19.4 Å². The van der Waals surface area contributed by atoms with Crippen molar-refractivity contribution in [2.24, 2.45) is 0 Å². The number of halogens is 2. The summed E-state index contributed by atoms with van der Waals surface area (Å²) in [6, 6.07) is 7.20. The smallest absolute Gasteiger partial charge is 0.122 e. The van der Waals surface area contributed by atoms with Gasteiger partial charge in [-0.15, -0.1) is 24.8 Å². The van der Waals surface area contributed by atoms with Gasteiger partial charge in [0.05, 0.1) is 6.61 Å². The molecule has 0 radical (unpaired) electrons. The van der Waals surface area contributed by atoms with Crippen molar-refractivity contribution in [2.75, 3.05) is 32.8 Å². The zero-order chi connectivity index (χ0) is 11.7. The van der Waals surface area contributed by atoms with Crippen molar-refractivity contribution in [3.8, 4) is 5.75 Å². The van der Waals surface area contributed by atoms with Gasteiger partial charge in [0.2, 0.25) is 0 Å². The molecule has 2 heterocycles. The molecule has 19 heavy (non-hydrogen) atoms. The van der Waals surface area contributed by atoms with Crippen LogP contribution < -0.4 is 10.1 Å². The maximum absolute atomic E-state index is 5.56. The van der Waals surface area contributed by atoms with Crippen molar-refractivity contribution < 1.29 is 4.74 Å². The lowest BCUT2D eigenvalue weighted by Crippen LogP contribution is -2.44. The third-order valence-corrected chi connectivity index (χ3v) is 3.90. The predicted molar refractivity (Wildman–Crippen MR) is 83.0 cm³/mol. The minimum Gasteiger partial charge on any atom is -0.493 e. The highest BCUT2D eigenvalue weighted by molar-refractivity contribution is 5.85. The largest absolute Gasteiger partial charge is 0.493 e.